The van der Waals surface area contributed by atoms with E-state index in [9.17, 15) is 4.79 Å². The first kappa shape index (κ1) is 16.3. The van der Waals surface area contributed by atoms with Crippen molar-refractivity contribution in [1.82, 2.24) is 10.2 Å². The van der Waals surface area contributed by atoms with Gasteiger partial charge in [-0.3, -0.25) is 10.1 Å². The second-order valence-corrected chi connectivity index (χ2v) is 6.22. The standard InChI is InChI=1S/C20H14ClN3O2/c21-16-9-4-8-15(11-16)19-23-24-20(26-19)22-18(25)12-14-7-3-6-13-5-1-2-10-17(13)14/h1-11H,12H2,(H,22,24,25). The first-order valence-corrected chi connectivity index (χ1v) is 8.43. The van der Waals surface area contributed by atoms with Gasteiger partial charge in [-0.1, -0.05) is 65.2 Å². The predicted octanol–water partition coefficient (Wildman–Crippen LogP) is 4.72. The van der Waals surface area contributed by atoms with Crippen molar-refractivity contribution >= 4 is 34.3 Å². The van der Waals surface area contributed by atoms with Gasteiger partial charge in [-0.05, 0) is 34.5 Å². The van der Waals surface area contributed by atoms with Crippen molar-refractivity contribution in [3.63, 3.8) is 0 Å². The van der Waals surface area contributed by atoms with Crippen LogP contribution in [0, 0.1) is 0 Å². The maximum Gasteiger partial charge on any atom is 0.322 e. The van der Waals surface area contributed by atoms with Gasteiger partial charge < -0.3 is 4.42 Å². The third-order valence-corrected chi connectivity index (χ3v) is 4.21. The molecule has 0 unspecified atom stereocenters. The molecule has 4 aromatic rings. The molecule has 0 saturated heterocycles. The lowest BCUT2D eigenvalue weighted by molar-refractivity contribution is -0.115. The van der Waals surface area contributed by atoms with E-state index >= 15 is 0 Å². The minimum Gasteiger partial charge on any atom is -0.403 e. The van der Waals surface area contributed by atoms with Gasteiger partial charge in [0.25, 0.3) is 0 Å². The fraction of sp³-hybridized carbons (Fsp3) is 0.0500. The van der Waals surface area contributed by atoms with Gasteiger partial charge in [-0.25, -0.2) is 0 Å². The summed E-state index contributed by atoms with van der Waals surface area (Å²) < 4.78 is 5.51. The van der Waals surface area contributed by atoms with Crippen LogP contribution < -0.4 is 5.32 Å². The molecule has 0 bridgehead atoms. The Morgan fingerprint density at radius 1 is 1.00 bits per heavy atom. The Labute approximate surface area is 154 Å². The number of anilines is 1. The number of hydrogen-bond donors (Lipinski definition) is 1. The highest BCUT2D eigenvalue weighted by molar-refractivity contribution is 6.30. The Kier molecular flexibility index (Phi) is 4.37. The molecule has 1 heterocycles. The molecule has 4 rings (SSSR count). The van der Waals surface area contributed by atoms with Gasteiger partial charge in [0.1, 0.15) is 0 Å². The number of carbonyl (C=O) groups excluding carboxylic acids is 1. The number of nitrogens with zero attached hydrogens (tertiary/aromatic N) is 2. The van der Waals surface area contributed by atoms with Crippen molar-refractivity contribution < 1.29 is 9.21 Å². The number of hydrogen-bond acceptors (Lipinski definition) is 4. The van der Waals surface area contributed by atoms with Crippen molar-refractivity contribution in [3.8, 4) is 11.5 Å². The normalized spacial score (nSPS) is 10.8. The molecule has 0 aliphatic heterocycles. The maximum atomic E-state index is 12.4. The van der Waals surface area contributed by atoms with E-state index in [-0.39, 0.29) is 18.3 Å². The molecule has 1 aromatic heterocycles. The molecule has 6 heteroatoms. The quantitative estimate of drug-likeness (QED) is 0.569. The van der Waals surface area contributed by atoms with E-state index in [1.54, 1.807) is 24.3 Å². The van der Waals surface area contributed by atoms with Gasteiger partial charge in [0.05, 0.1) is 6.42 Å². The molecule has 0 radical (unpaired) electrons. The van der Waals surface area contributed by atoms with Crippen molar-refractivity contribution in [1.29, 1.82) is 0 Å². The average molecular weight is 364 g/mol. The minimum absolute atomic E-state index is 0.0604. The van der Waals surface area contributed by atoms with Crippen LogP contribution in [0.2, 0.25) is 5.02 Å². The topological polar surface area (TPSA) is 68.0 Å². The molecular weight excluding hydrogens is 350 g/mol. The summed E-state index contributed by atoms with van der Waals surface area (Å²) in [5.41, 5.74) is 1.63. The Morgan fingerprint density at radius 3 is 2.69 bits per heavy atom. The lowest BCUT2D eigenvalue weighted by Gasteiger charge is -2.05. The highest BCUT2D eigenvalue weighted by Crippen LogP contribution is 2.23. The van der Waals surface area contributed by atoms with Crippen molar-refractivity contribution in [2.24, 2.45) is 0 Å². The predicted molar refractivity (Wildman–Crippen MR) is 101 cm³/mol. The van der Waals surface area contributed by atoms with E-state index < -0.39 is 0 Å². The highest BCUT2D eigenvalue weighted by atomic mass is 35.5. The summed E-state index contributed by atoms with van der Waals surface area (Å²) in [6, 6.07) is 21.0. The van der Waals surface area contributed by atoms with E-state index in [4.69, 9.17) is 16.0 Å². The lowest BCUT2D eigenvalue weighted by atomic mass is 10.0. The van der Waals surface area contributed by atoms with Gasteiger partial charge in [0, 0.05) is 10.6 Å². The zero-order chi connectivity index (χ0) is 17.9. The largest absolute Gasteiger partial charge is 0.403 e. The summed E-state index contributed by atoms with van der Waals surface area (Å²) in [4.78, 5) is 12.4. The molecule has 1 amide bonds. The number of halogens is 1. The molecule has 0 saturated carbocycles. The van der Waals surface area contributed by atoms with E-state index in [0.29, 0.717) is 16.5 Å². The molecule has 0 atom stereocenters. The Balaban J connectivity index is 1.50. The molecule has 26 heavy (non-hydrogen) atoms. The van der Waals surface area contributed by atoms with E-state index in [1.807, 2.05) is 42.5 Å². The fourth-order valence-corrected chi connectivity index (χ4v) is 2.99. The van der Waals surface area contributed by atoms with Crippen LogP contribution in [0.5, 0.6) is 0 Å². The molecule has 0 aliphatic carbocycles. The Hall–Kier alpha value is -3.18. The molecule has 5 nitrogen and oxygen atoms in total. The zero-order valence-electron chi connectivity index (χ0n) is 13.6. The van der Waals surface area contributed by atoms with Crippen LogP contribution in [0.3, 0.4) is 0 Å². The second-order valence-electron chi connectivity index (χ2n) is 5.79. The molecule has 0 spiro atoms. The molecule has 0 aliphatic rings. The average Bonchev–Trinajstić information content (AvgIpc) is 3.10. The maximum absolute atomic E-state index is 12.4. The number of aromatic nitrogens is 2. The summed E-state index contributed by atoms with van der Waals surface area (Å²) >= 11 is 5.96. The van der Waals surface area contributed by atoms with E-state index in [0.717, 1.165) is 16.3 Å². The van der Waals surface area contributed by atoms with Crippen LogP contribution in [-0.4, -0.2) is 16.1 Å². The monoisotopic (exact) mass is 363 g/mol. The van der Waals surface area contributed by atoms with Gasteiger partial charge in [0.15, 0.2) is 0 Å². The summed E-state index contributed by atoms with van der Waals surface area (Å²) in [6.45, 7) is 0. The van der Waals surface area contributed by atoms with Crippen molar-refractivity contribution in [2.75, 3.05) is 5.32 Å². The van der Waals surface area contributed by atoms with Crippen molar-refractivity contribution in [3.05, 3.63) is 77.3 Å². The molecule has 3 aromatic carbocycles. The number of carbonyl (C=O) groups is 1. The number of rotatable bonds is 4. The SMILES string of the molecule is O=C(Cc1cccc2ccccc12)Nc1nnc(-c2cccc(Cl)c2)o1. The van der Waals surface area contributed by atoms with Gasteiger partial charge in [-0.15, -0.1) is 5.10 Å². The van der Waals surface area contributed by atoms with E-state index in [1.165, 1.54) is 0 Å². The smallest absolute Gasteiger partial charge is 0.322 e. The summed E-state index contributed by atoms with van der Waals surface area (Å²) in [7, 11) is 0. The molecule has 1 N–H and O–H groups in total. The summed E-state index contributed by atoms with van der Waals surface area (Å²) in [6.07, 6.45) is 0.218. The first-order chi connectivity index (χ1) is 12.7. The first-order valence-electron chi connectivity index (χ1n) is 8.05. The second kappa shape index (κ2) is 6.98. The Bertz CT molecular complexity index is 1090. The zero-order valence-corrected chi connectivity index (χ0v) is 14.4. The van der Waals surface area contributed by atoms with E-state index in [2.05, 4.69) is 15.5 Å². The van der Waals surface area contributed by atoms with Crippen molar-refractivity contribution in [2.45, 2.75) is 6.42 Å². The number of fused-ring (bicyclic) bond motifs is 1. The fourth-order valence-electron chi connectivity index (χ4n) is 2.79. The third-order valence-electron chi connectivity index (χ3n) is 3.97. The lowest BCUT2D eigenvalue weighted by Crippen LogP contribution is -2.14. The third kappa shape index (κ3) is 3.43. The number of nitrogens with one attached hydrogen (secondary N) is 1. The minimum atomic E-state index is -0.220. The highest BCUT2D eigenvalue weighted by Gasteiger charge is 2.13. The number of amides is 1. The summed E-state index contributed by atoms with van der Waals surface area (Å²) in [5.74, 6) is 0.0793. The van der Waals surface area contributed by atoms with Gasteiger partial charge >= 0.3 is 6.01 Å². The van der Waals surface area contributed by atoms with Gasteiger partial charge in [0.2, 0.25) is 11.8 Å². The van der Waals surface area contributed by atoms with Crippen LogP contribution in [0.4, 0.5) is 6.01 Å². The van der Waals surface area contributed by atoms with Crippen LogP contribution >= 0.6 is 11.6 Å². The van der Waals surface area contributed by atoms with Crippen LogP contribution in [0.25, 0.3) is 22.2 Å². The van der Waals surface area contributed by atoms with Crippen LogP contribution in [0.15, 0.2) is 71.1 Å². The Morgan fingerprint density at radius 2 is 1.81 bits per heavy atom. The molecule has 128 valence electrons. The molecule has 0 fully saturated rings. The molecular formula is C20H14ClN3O2. The van der Waals surface area contributed by atoms with Gasteiger partial charge in [-0.2, -0.15) is 0 Å². The summed E-state index contributed by atoms with van der Waals surface area (Å²) in [5, 5.41) is 13.2. The number of benzene rings is 3. The van der Waals surface area contributed by atoms with Crippen LogP contribution in [-0.2, 0) is 11.2 Å². The van der Waals surface area contributed by atoms with Crippen LogP contribution in [0.1, 0.15) is 5.56 Å².